The summed E-state index contributed by atoms with van der Waals surface area (Å²) in [5.41, 5.74) is 5.36. The third-order valence-corrected chi connectivity index (χ3v) is 23.5. The number of amides is 4. The van der Waals surface area contributed by atoms with Gasteiger partial charge in [0, 0.05) is 109 Å². The second-order valence-electron chi connectivity index (χ2n) is 31.6. The van der Waals surface area contributed by atoms with Crippen LogP contribution in [-0.2, 0) is 35.7 Å². The topological polar surface area (TPSA) is 467 Å². The zero-order valence-electron chi connectivity index (χ0n) is 68.8. The maximum absolute atomic E-state index is 14.7. The maximum Gasteiger partial charge on any atom is 0.255 e. The van der Waals surface area contributed by atoms with Crippen LogP contribution in [0.2, 0.25) is 0 Å². The molecule has 4 fully saturated rings. The van der Waals surface area contributed by atoms with Gasteiger partial charge in [-0.15, -0.1) is 0 Å². The molecule has 16 heterocycles. The third kappa shape index (κ3) is 16.5. The lowest BCUT2D eigenvalue weighted by atomic mass is 9.92. The Morgan fingerprint density at radius 2 is 0.690 bits per heavy atom. The summed E-state index contributed by atoms with van der Waals surface area (Å²) in [5.74, 6) is -1.24. The number of halogens is 5. The van der Waals surface area contributed by atoms with E-state index in [2.05, 4.69) is 61.6 Å². The molecule has 4 saturated heterocycles. The first-order valence-electron chi connectivity index (χ1n) is 40.7. The minimum absolute atomic E-state index is 0.0546. The fourth-order valence-electron chi connectivity index (χ4n) is 16.9. The van der Waals surface area contributed by atoms with Crippen molar-refractivity contribution in [3.8, 4) is 92.1 Å². The second-order valence-corrected chi connectivity index (χ2v) is 31.6. The summed E-state index contributed by atoms with van der Waals surface area (Å²) in [5, 5.41) is 118. The first-order chi connectivity index (χ1) is 62.2. The monoisotopic (exact) mass is 1750 g/mol. The number of hydrogen-bond acceptors (Lipinski definition) is 27. The lowest BCUT2D eigenvalue weighted by Gasteiger charge is -2.40. The number of methoxy groups -OCH3 is 2. The fourth-order valence-corrected chi connectivity index (χ4v) is 16.9. The van der Waals surface area contributed by atoms with Gasteiger partial charge in [0.25, 0.3) is 23.6 Å². The molecular weight excluding hydrogens is 1680 g/mol. The number of anilines is 4. The quantitative estimate of drug-likeness (QED) is 0.0533. The van der Waals surface area contributed by atoms with Crippen molar-refractivity contribution in [2.24, 2.45) is 0 Å². The molecule has 0 saturated carbocycles. The Hall–Kier alpha value is -15.3. The Balaban J connectivity index is 0.000000121. The molecule has 0 spiro atoms. The van der Waals surface area contributed by atoms with E-state index < -0.39 is 59.5 Å². The van der Waals surface area contributed by atoms with Crippen molar-refractivity contribution in [2.75, 3.05) is 86.2 Å². The van der Waals surface area contributed by atoms with Gasteiger partial charge in [-0.25, -0.2) is 60.6 Å². The lowest BCUT2D eigenvalue weighted by Crippen LogP contribution is -2.55. The van der Waals surface area contributed by atoms with Gasteiger partial charge >= 0.3 is 0 Å². The van der Waals surface area contributed by atoms with Gasteiger partial charge in [0.2, 0.25) is 0 Å². The van der Waals surface area contributed by atoms with Gasteiger partial charge in [-0.05, 0) is 92.6 Å². The highest BCUT2D eigenvalue weighted by Crippen LogP contribution is 2.39. The smallest absolute Gasteiger partial charge is 0.255 e. The largest absolute Gasteiger partial charge is 0.390 e. The molecule has 9 N–H and O–H groups in total. The van der Waals surface area contributed by atoms with Crippen LogP contribution in [0.4, 0.5) is 45.2 Å². The van der Waals surface area contributed by atoms with Crippen molar-refractivity contribution in [2.45, 2.75) is 94.3 Å². The van der Waals surface area contributed by atoms with E-state index in [0.717, 1.165) is 0 Å². The normalized spacial score (nSPS) is 20.4. The molecule has 35 nitrogen and oxygen atoms in total. The van der Waals surface area contributed by atoms with Crippen molar-refractivity contribution in [3.63, 3.8) is 0 Å². The first-order valence-corrected chi connectivity index (χ1v) is 40.7. The SMILES string of the molecule is CO[C@@H]1CN(c2ccn(-c3cc(-c4c(F)cccc4C#N)nc4c3C(=O)NC4)n2)C[C@@H]1O.CO[C@H]1CN(c2ccn(-c3cc(-c4c(F)cccc4C#N)nc4c3C(=O)NC4)n2)C[C@H]1O.C[C@]1(O)CN(c2ccn(-c3cc(-c4c(F)cccc4C#N)nc4c3C(=O)NC4)n2)CC[C@H]1O.N#Cc1cccc(F)c1-c1cc(-n2ccc(N3CCC(F)C(O)C3)n2)c2c(n1)CNC2=O. The third-order valence-electron chi connectivity index (χ3n) is 23.5. The number of carbonyl (C=O) groups excluding carboxylic acids is 4. The van der Waals surface area contributed by atoms with E-state index in [1.807, 2.05) is 39.0 Å². The number of rotatable bonds is 14. The lowest BCUT2D eigenvalue weighted by molar-refractivity contribution is -0.0693. The van der Waals surface area contributed by atoms with E-state index in [4.69, 9.17) is 9.47 Å². The van der Waals surface area contributed by atoms with Gasteiger partial charge in [0.05, 0.1) is 210 Å². The highest BCUT2D eigenvalue weighted by molar-refractivity contribution is 6.04. The van der Waals surface area contributed by atoms with Gasteiger partial charge in [0.1, 0.15) is 53.4 Å². The van der Waals surface area contributed by atoms with E-state index >= 15 is 0 Å². The molecule has 0 radical (unpaired) electrons. The van der Waals surface area contributed by atoms with Gasteiger partial charge in [-0.2, -0.15) is 41.4 Å². The van der Waals surface area contributed by atoms with Gasteiger partial charge in [-0.1, -0.05) is 24.3 Å². The number of nitriles is 4. The Morgan fingerprint density at radius 3 is 0.969 bits per heavy atom. The summed E-state index contributed by atoms with van der Waals surface area (Å²) in [7, 11) is 3.10. The standard InChI is InChI=1S/C23H21FN6O3.C22H18F2N6O2.2C22H19FN6O3/c1-23(33)12-29(7-5-18(23)31)19-6-8-30(28-19)17-9-15(27-16-11-26-22(32)21(16)17)20-13(10-25)3-2-4-14(20)24;23-13-4-6-29(11-18(13)31)19-5-7-30(28-19)17-8-15(27-16-10-26-22(32)21(16)17)20-12(9-25)2-1-3-14(20)24;2*1-32-18-11-28(10-17(18)30)19-5-6-29(27-19)16-7-14(26-15-9-25-22(31)21(15)16)20-12(8-24)3-2-4-13(20)23/h2-4,6,8-9,18,31,33H,5,7,11-12H2,1H3,(H,26,32);1-3,5,7-8,13,18,31H,4,6,10-11H2,(H,26,32);2*2-7,17-18,30H,9-11H2,1H3,(H,25,31)/t18-,23+;;2*17-,18+/m1.10/s1. The van der Waals surface area contributed by atoms with Crippen LogP contribution in [0, 0.1) is 68.6 Å². The number of hydrogen-bond donors (Lipinski definition) is 9. The Bertz CT molecular complexity index is 6250. The average molecular weight is 1750 g/mol. The zero-order valence-corrected chi connectivity index (χ0v) is 68.8. The molecule has 8 atom stereocenters. The molecule has 40 heteroatoms. The number of β-amino-alcohol motifs (C(OH)–C–C–N with tert-alkyl or cyclic N) is 4. The Labute approximate surface area is 730 Å². The molecule has 8 aliphatic rings. The number of carbonyl (C=O) groups is 4. The summed E-state index contributed by atoms with van der Waals surface area (Å²) in [4.78, 5) is 75.3. The highest BCUT2D eigenvalue weighted by Gasteiger charge is 2.41. The fraction of sp³-hybridized carbons (Fsp3) is 0.281. The number of fused-ring (bicyclic) bond motifs is 4. The van der Waals surface area contributed by atoms with Crippen molar-refractivity contribution in [1.29, 1.82) is 21.0 Å². The van der Waals surface area contributed by atoms with E-state index in [-0.39, 0.29) is 149 Å². The number of aliphatic hydroxyl groups excluding tert-OH is 4. The van der Waals surface area contributed by atoms with Crippen molar-refractivity contribution >= 4 is 46.9 Å². The van der Waals surface area contributed by atoms with Gasteiger partial charge < -0.3 is 75.9 Å². The van der Waals surface area contributed by atoms with Crippen molar-refractivity contribution in [3.05, 3.63) is 237 Å². The number of aliphatic hydroxyl groups is 5. The van der Waals surface area contributed by atoms with Crippen LogP contribution in [-0.4, -0.2) is 223 Å². The molecule has 4 aromatic carbocycles. The molecule has 654 valence electrons. The van der Waals surface area contributed by atoms with E-state index in [1.54, 1.807) is 93.3 Å². The summed E-state index contributed by atoms with van der Waals surface area (Å²) >= 11 is 0. The minimum atomic E-state index is -1.27. The maximum atomic E-state index is 14.7. The van der Waals surface area contributed by atoms with Gasteiger partial charge in [0.15, 0.2) is 23.3 Å². The molecule has 20 rings (SSSR count). The number of pyridine rings is 4. The molecule has 129 heavy (non-hydrogen) atoms. The number of nitrogens with one attached hydrogen (secondary N) is 4. The van der Waals surface area contributed by atoms with Crippen molar-refractivity contribution in [1.82, 2.24) is 80.3 Å². The molecular formula is C89H77F5N24O11. The Kier molecular flexibility index (Phi) is 23.5. The first kappa shape index (κ1) is 85.9. The highest BCUT2D eigenvalue weighted by atomic mass is 19.1. The molecule has 8 aliphatic heterocycles. The van der Waals surface area contributed by atoms with E-state index in [1.165, 1.54) is 97.6 Å². The summed E-state index contributed by atoms with van der Waals surface area (Å²) in [6, 6.07) is 38.1. The van der Waals surface area contributed by atoms with E-state index in [9.17, 15) is 87.7 Å². The van der Waals surface area contributed by atoms with Gasteiger partial charge in [-0.3, -0.25) is 19.2 Å². The van der Waals surface area contributed by atoms with Crippen molar-refractivity contribution < 1.29 is 76.1 Å². The number of piperidine rings is 2. The molecule has 8 aromatic heterocycles. The molecule has 4 amide bonds. The zero-order chi connectivity index (χ0) is 90.5. The average Bonchev–Trinajstić information content (AvgIpc) is 1.65. The Morgan fingerprint density at radius 1 is 0.403 bits per heavy atom. The van der Waals surface area contributed by atoms with Crippen LogP contribution in [0.3, 0.4) is 0 Å². The molecule has 0 aliphatic carbocycles. The van der Waals surface area contributed by atoms with Crippen LogP contribution in [0.15, 0.2) is 146 Å². The number of nitrogens with zero attached hydrogens (tertiary/aromatic N) is 20. The van der Waals surface area contributed by atoms with Crippen LogP contribution >= 0.6 is 0 Å². The number of ether oxygens (including phenoxy) is 2. The van der Waals surface area contributed by atoms with Crippen LogP contribution in [0.25, 0.3) is 67.8 Å². The minimum Gasteiger partial charge on any atom is -0.390 e. The molecule has 12 aromatic rings. The summed E-state index contributed by atoms with van der Waals surface area (Å²) in [6.45, 7) is 5.27. The summed E-state index contributed by atoms with van der Waals surface area (Å²) < 4.78 is 88.9. The summed E-state index contributed by atoms with van der Waals surface area (Å²) in [6.07, 6.45) is 2.22. The number of alkyl halides is 1. The van der Waals surface area contributed by atoms with Crippen LogP contribution in [0.1, 0.15) is 106 Å². The number of benzene rings is 4. The molecule has 2 unspecified atom stereocenters. The van der Waals surface area contributed by atoms with Crippen LogP contribution in [0.5, 0.6) is 0 Å². The predicted octanol–water partition coefficient (Wildman–Crippen LogP) is 6.38. The van der Waals surface area contributed by atoms with E-state index in [0.29, 0.717) is 137 Å². The second kappa shape index (κ2) is 35.3. The predicted molar refractivity (Wildman–Crippen MR) is 450 cm³/mol. The van der Waals surface area contributed by atoms with Crippen LogP contribution < -0.4 is 40.9 Å². The number of aromatic nitrogens is 12. The molecule has 0 bridgehead atoms.